The first kappa shape index (κ1) is 14.8. The second-order valence-electron chi connectivity index (χ2n) is 5.76. The molecule has 0 saturated carbocycles. The number of ether oxygens (including phenoxy) is 2. The molecule has 18 heavy (non-hydrogen) atoms. The smallest absolute Gasteiger partial charge is 0.161 e. The van der Waals surface area contributed by atoms with Gasteiger partial charge in [0.15, 0.2) is 11.5 Å². The van der Waals surface area contributed by atoms with Crippen LogP contribution in [0, 0.1) is 0 Å². The lowest BCUT2D eigenvalue weighted by Gasteiger charge is -2.21. The van der Waals surface area contributed by atoms with Crippen LogP contribution >= 0.6 is 0 Å². The Hall–Kier alpha value is -1.22. The molecule has 1 rings (SSSR count). The lowest BCUT2D eigenvalue weighted by Crippen LogP contribution is -2.35. The standard InChI is InChI=1S/C15H25NO2/c1-11(2)18-14-9-12(7-8-13(14)17-6)10-16-15(3,4)5/h7-9,11,16H,10H2,1-6H3. The summed E-state index contributed by atoms with van der Waals surface area (Å²) in [5.41, 5.74) is 1.31. The van der Waals surface area contributed by atoms with E-state index in [0.29, 0.717) is 0 Å². The van der Waals surface area contributed by atoms with E-state index in [4.69, 9.17) is 9.47 Å². The maximum atomic E-state index is 5.76. The highest BCUT2D eigenvalue weighted by Crippen LogP contribution is 2.29. The van der Waals surface area contributed by atoms with Crippen molar-refractivity contribution in [3.05, 3.63) is 23.8 Å². The minimum atomic E-state index is 0.110. The third-order valence-corrected chi connectivity index (χ3v) is 2.41. The fourth-order valence-corrected chi connectivity index (χ4v) is 1.54. The van der Waals surface area contributed by atoms with E-state index >= 15 is 0 Å². The zero-order valence-corrected chi connectivity index (χ0v) is 12.3. The van der Waals surface area contributed by atoms with Gasteiger partial charge in [0.05, 0.1) is 13.2 Å². The van der Waals surface area contributed by atoms with Gasteiger partial charge in [-0.2, -0.15) is 0 Å². The zero-order valence-electron chi connectivity index (χ0n) is 12.3. The Bertz CT molecular complexity index is 381. The first-order valence-corrected chi connectivity index (χ1v) is 6.40. The molecule has 3 nitrogen and oxygen atoms in total. The van der Waals surface area contributed by atoms with Crippen LogP contribution in [0.1, 0.15) is 40.2 Å². The number of methoxy groups -OCH3 is 1. The van der Waals surface area contributed by atoms with Crippen molar-refractivity contribution in [2.75, 3.05) is 7.11 Å². The van der Waals surface area contributed by atoms with Crippen molar-refractivity contribution in [1.82, 2.24) is 5.32 Å². The fourth-order valence-electron chi connectivity index (χ4n) is 1.54. The number of nitrogens with one attached hydrogen (secondary N) is 1. The van der Waals surface area contributed by atoms with E-state index in [1.165, 1.54) is 5.56 Å². The van der Waals surface area contributed by atoms with Crippen molar-refractivity contribution in [2.45, 2.75) is 52.8 Å². The molecule has 0 heterocycles. The normalized spacial score (nSPS) is 11.7. The number of hydrogen-bond donors (Lipinski definition) is 1. The molecule has 0 saturated heterocycles. The average Bonchev–Trinajstić information content (AvgIpc) is 2.25. The predicted octanol–water partition coefficient (Wildman–Crippen LogP) is 3.37. The highest BCUT2D eigenvalue weighted by atomic mass is 16.5. The SMILES string of the molecule is COc1ccc(CNC(C)(C)C)cc1OC(C)C. The molecule has 0 bridgehead atoms. The highest BCUT2D eigenvalue weighted by molar-refractivity contribution is 5.43. The van der Waals surface area contributed by atoms with Crippen molar-refractivity contribution < 1.29 is 9.47 Å². The van der Waals surface area contributed by atoms with Gasteiger partial charge in [0.25, 0.3) is 0 Å². The second-order valence-corrected chi connectivity index (χ2v) is 5.76. The summed E-state index contributed by atoms with van der Waals surface area (Å²) >= 11 is 0. The van der Waals surface area contributed by atoms with Gasteiger partial charge >= 0.3 is 0 Å². The third-order valence-electron chi connectivity index (χ3n) is 2.41. The molecule has 0 aliphatic heterocycles. The van der Waals surface area contributed by atoms with Gasteiger partial charge in [-0.3, -0.25) is 0 Å². The van der Waals surface area contributed by atoms with E-state index in [0.717, 1.165) is 18.0 Å². The molecule has 0 radical (unpaired) electrons. The molecule has 0 spiro atoms. The average molecular weight is 251 g/mol. The molecule has 1 aromatic carbocycles. The van der Waals surface area contributed by atoms with Crippen LogP contribution in [-0.4, -0.2) is 18.8 Å². The number of benzene rings is 1. The van der Waals surface area contributed by atoms with Gasteiger partial charge in [0.1, 0.15) is 0 Å². The summed E-state index contributed by atoms with van der Waals surface area (Å²) in [6.45, 7) is 11.3. The largest absolute Gasteiger partial charge is 0.493 e. The Kier molecular flexibility index (Phi) is 5.03. The van der Waals surface area contributed by atoms with Gasteiger partial charge in [-0.05, 0) is 52.3 Å². The van der Waals surface area contributed by atoms with E-state index in [9.17, 15) is 0 Å². The molecule has 0 aliphatic carbocycles. The Balaban J connectivity index is 2.82. The first-order valence-electron chi connectivity index (χ1n) is 6.40. The van der Waals surface area contributed by atoms with Crippen LogP contribution in [0.2, 0.25) is 0 Å². The molecule has 0 aliphatic rings. The van der Waals surface area contributed by atoms with Crippen molar-refractivity contribution in [2.24, 2.45) is 0 Å². The molecule has 1 aromatic rings. The summed E-state index contributed by atoms with van der Waals surface area (Å²) in [4.78, 5) is 0. The van der Waals surface area contributed by atoms with Crippen LogP contribution in [0.5, 0.6) is 11.5 Å². The summed E-state index contributed by atoms with van der Waals surface area (Å²) in [7, 11) is 1.66. The van der Waals surface area contributed by atoms with Gasteiger partial charge in [-0.1, -0.05) is 6.07 Å². The Morgan fingerprint density at radius 2 is 1.83 bits per heavy atom. The van der Waals surface area contributed by atoms with Gasteiger partial charge in [-0.25, -0.2) is 0 Å². The van der Waals surface area contributed by atoms with Crippen molar-refractivity contribution in [1.29, 1.82) is 0 Å². The first-order chi connectivity index (χ1) is 8.31. The quantitative estimate of drug-likeness (QED) is 0.870. The predicted molar refractivity (Wildman–Crippen MR) is 75.4 cm³/mol. The zero-order chi connectivity index (χ0) is 13.8. The Labute approximate surface area is 110 Å². The number of rotatable bonds is 5. The molecule has 0 atom stereocenters. The molecular formula is C15H25NO2. The maximum Gasteiger partial charge on any atom is 0.161 e. The van der Waals surface area contributed by atoms with Crippen LogP contribution in [0.4, 0.5) is 0 Å². The lowest BCUT2D eigenvalue weighted by atomic mass is 10.1. The summed E-state index contributed by atoms with van der Waals surface area (Å²) in [5, 5.41) is 3.46. The molecule has 0 fully saturated rings. The number of hydrogen-bond acceptors (Lipinski definition) is 3. The van der Waals surface area contributed by atoms with E-state index in [2.05, 4.69) is 32.2 Å². The molecule has 3 heteroatoms. The summed E-state index contributed by atoms with van der Waals surface area (Å²) in [5.74, 6) is 1.59. The summed E-state index contributed by atoms with van der Waals surface area (Å²) in [6.07, 6.45) is 0.143. The minimum absolute atomic E-state index is 0.110. The molecule has 1 N–H and O–H groups in total. The fraction of sp³-hybridized carbons (Fsp3) is 0.600. The molecular weight excluding hydrogens is 226 g/mol. The highest BCUT2D eigenvalue weighted by Gasteiger charge is 2.11. The van der Waals surface area contributed by atoms with Crippen molar-refractivity contribution in [3.63, 3.8) is 0 Å². The summed E-state index contributed by atoms with van der Waals surface area (Å²) in [6, 6.07) is 6.06. The third kappa shape index (κ3) is 4.96. The van der Waals surface area contributed by atoms with Gasteiger partial charge in [0.2, 0.25) is 0 Å². The molecule has 0 amide bonds. The van der Waals surface area contributed by atoms with Crippen LogP contribution in [0.3, 0.4) is 0 Å². The Morgan fingerprint density at radius 1 is 1.17 bits per heavy atom. The van der Waals surface area contributed by atoms with Gasteiger partial charge < -0.3 is 14.8 Å². The van der Waals surface area contributed by atoms with E-state index < -0.39 is 0 Å². The van der Waals surface area contributed by atoms with Crippen molar-refractivity contribution in [3.8, 4) is 11.5 Å². The van der Waals surface area contributed by atoms with Crippen LogP contribution in [-0.2, 0) is 6.54 Å². The summed E-state index contributed by atoms with van der Waals surface area (Å²) < 4.78 is 11.1. The van der Waals surface area contributed by atoms with Gasteiger partial charge in [0, 0.05) is 12.1 Å². The minimum Gasteiger partial charge on any atom is -0.493 e. The van der Waals surface area contributed by atoms with Crippen LogP contribution in [0.15, 0.2) is 18.2 Å². The van der Waals surface area contributed by atoms with Crippen LogP contribution < -0.4 is 14.8 Å². The maximum absolute atomic E-state index is 5.76. The molecule has 0 unspecified atom stereocenters. The van der Waals surface area contributed by atoms with Crippen molar-refractivity contribution >= 4 is 0 Å². The Morgan fingerprint density at radius 3 is 2.33 bits per heavy atom. The van der Waals surface area contributed by atoms with Gasteiger partial charge in [-0.15, -0.1) is 0 Å². The molecule has 102 valence electrons. The van der Waals surface area contributed by atoms with E-state index in [1.54, 1.807) is 7.11 Å². The lowest BCUT2D eigenvalue weighted by molar-refractivity contribution is 0.230. The monoisotopic (exact) mass is 251 g/mol. The molecule has 0 aromatic heterocycles. The second kappa shape index (κ2) is 6.10. The topological polar surface area (TPSA) is 30.5 Å². The van der Waals surface area contributed by atoms with Crippen LogP contribution in [0.25, 0.3) is 0 Å². The van der Waals surface area contributed by atoms with E-state index in [-0.39, 0.29) is 11.6 Å². The van der Waals surface area contributed by atoms with E-state index in [1.807, 2.05) is 26.0 Å².